The van der Waals surface area contributed by atoms with Crippen LogP contribution in [0.5, 0.6) is 5.75 Å². The number of nitrogens with two attached hydrogens (primary N) is 2. The number of rotatable bonds is 3. The van der Waals surface area contributed by atoms with Crippen molar-refractivity contribution in [1.29, 1.82) is 0 Å². The first-order valence-electron chi connectivity index (χ1n) is 7.18. The maximum Gasteiger partial charge on any atom is 0.166 e. The molecule has 3 rings (SSSR count). The highest BCUT2D eigenvalue weighted by Crippen LogP contribution is 2.42. The lowest BCUT2D eigenvalue weighted by Gasteiger charge is -2.32. The molecular weight excluding hydrogens is 338 g/mol. The fourth-order valence-corrected chi connectivity index (χ4v) is 2.78. The summed E-state index contributed by atoms with van der Waals surface area (Å²) in [5, 5.41) is 2.29. The molecule has 0 fully saturated rings. The predicted molar refractivity (Wildman–Crippen MR) is 90.5 cm³/mol. The minimum Gasteiger partial charge on any atom is -0.492 e. The SMILES string of the molecule is CCOc1cc2c(cc1N)C(N)(c1ccc(F)c(Cl)c1F)N=CN2. The van der Waals surface area contributed by atoms with Gasteiger partial charge in [0.15, 0.2) is 11.5 Å². The molecule has 0 aliphatic carbocycles. The van der Waals surface area contributed by atoms with Crippen LogP contribution in [0.1, 0.15) is 18.1 Å². The van der Waals surface area contributed by atoms with Crippen LogP contribution in [0, 0.1) is 11.6 Å². The van der Waals surface area contributed by atoms with Crippen LogP contribution >= 0.6 is 11.6 Å². The van der Waals surface area contributed by atoms with Crippen LogP contribution < -0.4 is 21.5 Å². The third kappa shape index (κ3) is 2.46. The summed E-state index contributed by atoms with van der Waals surface area (Å²) in [5.74, 6) is -1.36. The maximum absolute atomic E-state index is 14.5. The average Bonchev–Trinajstić information content (AvgIpc) is 2.54. The van der Waals surface area contributed by atoms with Crippen molar-refractivity contribution in [1.82, 2.24) is 0 Å². The summed E-state index contributed by atoms with van der Waals surface area (Å²) in [6.45, 7) is 2.27. The highest BCUT2D eigenvalue weighted by atomic mass is 35.5. The molecule has 0 spiro atoms. The van der Waals surface area contributed by atoms with Gasteiger partial charge in [-0.05, 0) is 25.1 Å². The van der Waals surface area contributed by atoms with E-state index in [2.05, 4.69) is 10.3 Å². The summed E-state index contributed by atoms with van der Waals surface area (Å²) in [6.07, 6.45) is 1.34. The molecular formula is C16H15ClF2N4O. The zero-order valence-corrected chi connectivity index (χ0v) is 13.5. The van der Waals surface area contributed by atoms with Crippen molar-refractivity contribution in [3.8, 4) is 5.75 Å². The van der Waals surface area contributed by atoms with Gasteiger partial charge in [0.25, 0.3) is 0 Å². The Morgan fingerprint density at radius 1 is 1.29 bits per heavy atom. The number of fused-ring (bicyclic) bond motifs is 1. The van der Waals surface area contributed by atoms with Crippen LogP contribution in [-0.2, 0) is 5.66 Å². The number of benzene rings is 2. The zero-order valence-electron chi connectivity index (χ0n) is 12.7. The van der Waals surface area contributed by atoms with Gasteiger partial charge < -0.3 is 15.8 Å². The number of hydrogen-bond donors (Lipinski definition) is 3. The van der Waals surface area contributed by atoms with E-state index < -0.39 is 22.3 Å². The second-order valence-corrected chi connectivity index (χ2v) is 5.64. The van der Waals surface area contributed by atoms with E-state index in [1.165, 1.54) is 12.4 Å². The summed E-state index contributed by atoms with van der Waals surface area (Å²) < 4.78 is 33.4. The number of anilines is 2. The van der Waals surface area contributed by atoms with Gasteiger partial charge in [0.05, 0.1) is 24.3 Å². The van der Waals surface area contributed by atoms with Crippen molar-refractivity contribution >= 4 is 29.3 Å². The lowest BCUT2D eigenvalue weighted by molar-refractivity contribution is 0.342. The highest BCUT2D eigenvalue weighted by Gasteiger charge is 2.37. The third-order valence-corrected chi connectivity index (χ3v) is 4.14. The smallest absolute Gasteiger partial charge is 0.166 e. The fourth-order valence-electron chi connectivity index (χ4n) is 2.62. The van der Waals surface area contributed by atoms with Gasteiger partial charge in [0.2, 0.25) is 0 Å². The molecule has 5 N–H and O–H groups in total. The predicted octanol–water partition coefficient (Wildman–Crippen LogP) is 3.21. The molecule has 0 bridgehead atoms. The number of nitrogens with zero attached hydrogens (tertiary/aromatic N) is 1. The van der Waals surface area contributed by atoms with E-state index in [-0.39, 0.29) is 5.56 Å². The van der Waals surface area contributed by atoms with Crippen LogP contribution in [-0.4, -0.2) is 12.9 Å². The van der Waals surface area contributed by atoms with E-state index in [4.69, 9.17) is 27.8 Å². The Bertz CT molecular complexity index is 843. The second kappa shape index (κ2) is 5.92. The molecule has 1 heterocycles. The van der Waals surface area contributed by atoms with Gasteiger partial charge in [-0.3, -0.25) is 5.73 Å². The van der Waals surface area contributed by atoms with Crippen molar-refractivity contribution in [2.24, 2.45) is 10.7 Å². The van der Waals surface area contributed by atoms with Crippen molar-refractivity contribution in [3.05, 3.63) is 52.0 Å². The Hall–Kier alpha value is -2.38. The molecule has 5 nitrogen and oxygen atoms in total. The Morgan fingerprint density at radius 2 is 2.04 bits per heavy atom. The molecule has 24 heavy (non-hydrogen) atoms. The lowest BCUT2D eigenvalue weighted by atomic mass is 9.89. The summed E-state index contributed by atoms with van der Waals surface area (Å²) in [6, 6.07) is 5.48. The minimum atomic E-state index is -1.60. The molecule has 1 atom stereocenters. The van der Waals surface area contributed by atoms with Gasteiger partial charge in [-0.15, -0.1) is 0 Å². The Morgan fingerprint density at radius 3 is 2.75 bits per heavy atom. The largest absolute Gasteiger partial charge is 0.492 e. The van der Waals surface area contributed by atoms with E-state index in [0.717, 1.165) is 6.07 Å². The van der Waals surface area contributed by atoms with Gasteiger partial charge in [0, 0.05) is 17.2 Å². The number of ether oxygens (including phenoxy) is 1. The average molecular weight is 353 g/mol. The van der Waals surface area contributed by atoms with Gasteiger partial charge in [0.1, 0.15) is 16.6 Å². The quantitative estimate of drug-likeness (QED) is 0.585. The molecule has 8 heteroatoms. The molecule has 0 saturated carbocycles. The van der Waals surface area contributed by atoms with Gasteiger partial charge in [-0.1, -0.05) is 11.6 Å². The summed E-state index contributed by atoms with van der Waals surface area (Å²) >= 11 is 5.67. The fraction of sp³-hybridized carbons (Fsp3) is 0.188. The van der Waals surface area contributed by atoms with Crippen molar-refractivity contribution in [2.75, 3.05) is 17.7 Å². The molecule has 2 aromatic carbocycles. The first-order valence-corrected chi connectivity index (χ1v) is 7.56. The Balaban J connectivity index is 2.20. The van der Waals surface area contributed by atoms with Crippen LogP contribution in [0.3, 0.4) is 0 Å². The number of halogens is 3. The molecule has 126 valence electrons. The van der Waals surface area contributed by atoms with Gasteiger partial charge in [-0.2, -0.15) is 0 Å². The van der Waals surface area contributed by atoms with Gasteiger partial charge >= 0.3 is 0 Å². The molecule has 2 aromatic rings. The number of aliphatic imine (C=N–C) groups is 1. The Kier molecular flexibility index (Phi) is 4.06. The number of nitrogen functional groups attached to an aromatic ring is 1. The van der Waals surface area contributed by atoms with Gasteiger partial charge in [-0.25, -0.2) is 13.8 Å². The van der Waals surface area contributed by atoms with Crippen molar-refractivity contribution < 1.29 is 13.5 Å². The maximum atomic E-state index is 14.5. The monoisotopic (exact) mass is 352 g/mol. The Labute approximate surface area is 142 Å². The topological polar surface area (TPSA) is 85.7 Å². The van der Waals surface area contributed by atoms with E-state index >= 15 is 0 Å². The molecule has 1 aliphatic heterocycles. The molecule has 0 radical (unpaired) electrons. The molecule has 1 aliphatic rings. The zero-order chi connectivity index (χ0) is 17.5. The molecule has 0 aromatic heterocycles. The first-order chi connectivity index (χ1) is 11.4. The normalized spacial score (nSPS) is 18.9. The molecule has 0 amide bonds. The van der Waals surface area contributed by atoms with Crippen LogP contribution in [0.25, 0.3) is 0 Å². The minimum absolute atomic E-state index is 0.0588. The third-order valence-electron chi connectivity index (χ3n) is 3.79. The second-order valence-electron chi connectivity index (χ2n) is 5.26. The standard InChI is InChI=1S/C16H15ClF2N4O/c1-2-24-13-6-12-9(5-11(13)20)16(21,23-7-22-12)8-3-4-10(18)14(17)15(8)19/h3-7H,2,20-21H2,1H3,(H,22,23). The summed E-state index contributed by atoms with van der Waals surface area (Å²) in [5.41, 5.74) is 12.0. The number of hydrogen-bond acceptors (Lipinski definition) is 5. The van der Waals surface area contributed by atoms with E-state index in [9.17, 15) is 8.78 Å². The van der Waals surface area contributed by atoms with Crippen molar-refractivity contribution in [2.45, 2.75) is 12.6 Å². The molecule has 1 unspecified atom stereocenters. The van der Waals surface area contributed by atoms with E-state index in [0.29, 0.717) is 29.3 Å². The first kappa shape index (κ1) is 16.5. The van der Waals surface area contributed by atoms with Crippen LogP contribution in [0.4, 0.5) is 20.2 Å². The summed E-state index contributed by atoms with van der Waals surface area (Å²) in [7, 11) is 0. The number of nitrogens with one attached hydrogen (secondary N) is 1. The lowest BCUT2D eigenvalue weighted by Crippen LogP contribution is -2.40. The van der Waals surface area contributed by atoms with Crippen LogP contribution in [0.2, 0.25) is 5.02 Å². The van der Waals surface area contributed by atoms with Crippen LogP contribution in [0.15, 0.2) is 29.3 Å². The van der Waals surface area contributed by atoms with E-state index in [1.807, 2.05) is 6.92 Å². The van der Waals surface area contributed by atoms with Crippen molar-refractivity contribution in [3.63, 3.8) is 0 Å². The van der Waals surface area contributed by atoms with E-state index in [1.54, 1.807) is 12.1 Å². The highest BCUT2D eigenvalue weighted by molar-refractivity contribution is 6.31. The summed E-state index contributed by atoms with van der Waals surface area (Å²) in [4.78, 5) is 4.15. The molecule has 0 saturated heterocycles.